The number of hydrogen-bond donors (Lipinski definition) is 0. The molecule has 3 aromatic heterocycles. The summed E-state index contributed by atoms with van der Waals surface area (Å²) < 4.78 is 7.93. The first-order valence-electron chi connectivity index (χ1n) is 49.6. The number of aryl methyl sites for hydroxylation is 1. The van der Waals surface area contributed by atoms with E-state index in [4.69, 9.17) is 0 Å². The molecule has 28 aromatic rings. The number of fused-ring (bicyclic) bond motifs is 15. The van der Waals surface area contributed by atoms with Gasteiger partial charge in [-0.15, -0.1) is 34.0 Å². The normalized spacial score (nSPS) is 11.5. The molecule has 0 saturated heterocycles. The van der Waals surface area contributed by atoms with E-state index in [2.05, 4.69) is 568 Å². The number of thiophene rings is 3. The van der Waals surface area contributed by atoms with Crippen molar-refractivity contribution in [2.24, 2.45) is 0 Å². The van der Waals surface area contributed by atoms with Gasteiger partial charge in [0.05, 0.1) is 0 Å². The van der Waals surface area contributed by atoms with Crippen molar-refractivity contribution in [1.29, 1.82) is 0 Å². The molecule has 682 valence electrons. The highest BCUT2D eigenvalue weighted by molar-refractivity contribution is 7.26. The highest BCUT2D eigenvalue weighted by Crippen LogP contribution is 2.52. The predicted octanol–water partition coefficient (Wildman–Crippen LogP) is 41.5. The maximum atomic E-state index is 2.37. The molecule has 0 N–H and O–H groups in total. The van der Waals surface area contributed by atoms with Crippen LogP contribution in [0.4, 0.5) is 51.2 Å². The monoisotopic (exact) mass is 1900 g/mol. The van der Waals surface area contributed by atoms with Gasteiger partial charge in [0.15, 0.2) is 0 Å². The summed E-state index contributed by atoms with van der Waals surface area (Å²) in [5.41, 5.74) is 29.0. The van der Waals surface area contributed by atoms with E-state index in [9.17, 15) is 0 Å². The van der Waals surface area contributed by atoms with Crippen molar-refractivity contribution in [3.8, 4) is 77.9 Å². The van der Waals surface area contributed by atoms with Crippen molar-refractivity contribution in [2.75, 3.05) is 14.7 Å². The van der Waals surface area contributed by atoms with Crippen molar-refractivity contribution in [1.82, 2.24) is 0 Å². The molecule has 6 heteroatoms. The molecule has 0 aliphatic rings. The van der Waals surface area contributed by atoms with Gasteiger partial charge in [-0.2, -0.15) is 0 Å². The molecule has 0 saturated carbocycles. The average Bonchev–Trinajstić information content (AvgIpc) is 1.65. The molecular weight excluding hydrogens is 1810 g/mol. The van der Waals surface area contributed by atoms with Gasteiger partial charge in [-0.1, -0.05) is 400 Å². The van der Waals surface area contributed by atoms with Crippen molar-refractivity contribution in [3.63, 3.8) is 0 Å². The number of rotatable bonds is 16. The summed E-state index contributed by atoms with van der Waals surface area (Å²) in [6.07, 6.45) is 0. The van der Waals surface area contributed by atoms with Crippen LogP contribution in [-0.4, -0.2) is 0 Å². The largest absolute Gasteiger partial charge is 0.311 e. The molecule has 3 heterocycles. The fraction of sp³-hybridized carbons (Fsp3) is 0.00719. The molecule has 0 spiro atoms. The highest BCUT2D eigenvalue weighted by Gasteiger charge is 2.26. The van der Waals surface area contributed by atoms with E-state index in [1.165, 1.54) is 209 Å². The average molecular weight is 1900 g/mol. The van der Waals surface area contributed by atoms with Crippen molar-refractivity contribution in [2.45, 2.75) is 6.92 Å². The molecule has 0 atom stereocenters. The highest BCUT2D eigenvalue weighted by atomic mass is 32.1. The molecule has 3 nitrogen and oxygen atoms in total. The van der Waals surface area contributed by atoms with Crippen LogP contribution < -0.4 is 14.7 Å². The third-order valence-electron chi connectivity index (χ3n) is 28.6. The van der Waals surface area contributed by atoms with Crippen molar-refractivity contribution in [3.05, 3.63) is 552 Å². The lowest BCUT2D eigenvalue weighted by Gasteiger charge is -2.26. The van der Waals surface area contributed by atoms with Crippen LogP contribution >= 0.6 is 34.0 Å². The van der Waals surface area contributed by atoms with E-state index >= 15 is 0 Å². The van der Waals surface area contributed by atoms with Gasteiger partial charge in [-0.05, 0) is 301 Å². The standard InChI is InChI=1S/C50H33NS.C45H31NS.C44H29NS/c1-3-13-35(14-4-1)49-42-18-7-9-20-44(42)50(45-21-10-8-19-43(45)49)36-25-30-40(31-26-36)51(38-15-5-2-6-16-38)39-28-23-34(24-29-39)37-27-32-48-46(33-37)41-17-11-12-22-47(41)52-48;1-30-12-11-13-32(28-30)45-39-19-7-5-17-37(39)44(38-18-6-8-20-40(38)45)31-22-24-34(25-23-31)46(33-14-3-2-4-15-33)35-26-27-43-41(29-35)36-16-9-10-21-42(36)47-43;1-3-13-30(14-4-1)43-36-18-7-9-20-38(36)44(39-21-10-8-19-37(39)43)31-23-25-33(26-24-31)45(32-15-5-2-6-16-32)34-27-28-42-40(29-34)35-17-11-12-22-41(35)46-42/h1-33H;2-29H,1H3;1-29H. The van der Waals surface area contributed by atoms with Gasteiger partial charge in [0.2, 0.25) is 0 Å². The lowest BCUT2D eigenvalue weighted by Crippen LogP contribution is -2.09. The number of anilines is 9. The minimum absolute atomic E-state index is 1.11. The van der Waals surface area contributed by atoms with Gasteiger partial charge in [-0.25, -0.2) is 0 Å². The lowest BCUT2D eigenvalue weighted by atomic mass is 9.85. The maximum absolute atomic E-state index is 2.37. The smallest absolute Gasteiger partial charge is 0.0468 e. The minimum Gasteiger partial charge on any atom is -0.311 e. The minimum atomic E-state index is 1.11. The Kier molecular flexibility index (Phi) is 22.9. The first-order valence-corrected chi connectivity index (χ1v) is 52.0. The third-order valence-corrected chi connectivity index (χ3v) is 32.0. The van der Waals surface area contributed by atoms with Crippen LogP contribution in [-0.2, 0) is 0 Å². The van der Waals surface area contributed by atoms with Gasteiger partial charge in [0.25, 0.3) is 0 Å². The molecule has 145 heavy (non-hydrogen) atoms. The Morgan fingerprint density at radius 2 is 0.310 bits per heavy atom. The van der Waals surface area contributed by atoms with Gasteiger partial charge >= 0.3 is 0 Å². The van der Waals surface area contributed by atoms with E-state index in [0.717, 1.165) is 51.2 Å². The Morgan fingerprint density at radius 3 is 0.600 bits per heavy atom. The molecule has 0 unspecified atom stereocenters. The van der Waals surface area contributed by atoms with Gasteiger partial charge < -0.3 is 14.7 Å². The summed E-state index contributed by atoms with van der Waals surface area (Å²) >= 11 is 5.57. The summed E-state index contributed by atoms with van der Waals surface area (Å²) in [6, 6.07) is 199. The SMILES string of the molecule is Cc1cccc(-c2c3ccccc3c(-c3ccc(N(c4ccccc4)c4ccc5sc6ccccc6c5c4)cc3)c3ccccc23)c1.c1ccc(-c2c3ccccc3c(-c3ccc(N(c4ccccc4)c4ccc(-c5ccc6sc7ccccc7c6c5)cc4)cc3)c3ccccc23)cc1.c1ccc(-c2c3ccccc3c(-c3ccc(N(c4ccccc4)c4ccc5sc6ccccc6c5c4)cc3)c3ccccc23)cc1. The second kappa shape index (κ2) is 37.9. The Labute approximate surface area is 854 Å². The van der Waals surface area contributed by atoms with Gasteiger partial charge in [0.1, 0.15) is 0 Å². The quantitative estimate of drug-likeness (QED) is 0.0893. The molecule has 0 aliphatic carbocycles. The van der Waals surface area contributed by atoms with Gasteiger partial charge in [0, 0.05) is 112 Å². The third kappa shape index (κ3) is 16.2. The Hall–Kier alpha value is -17.9. The van der Waals surface area contributed by atoms with Crippen LogP contribution in [0.3, 0.4) is 0 Å². The number of nitrogens with zero attached hydrogens (tertiary/aromatic N) is 3. The number of para-hydroxylation sites is 3. The summed E-state index contributed by atoms with van der Waals surface area (Å²) in [6.45, 7) is 2.17. The van der Waals surface area contributed by atoms with E-state index < -0.39 is 0 Å². The molecule has 28 rings (SSSR count). The van der Waals surface area contributed by atoms with Crippen LogP contribution in [0.2, 0.25) is 0 Å². The lowest BCUT2D eigenvalue weighted by molar-refractivity contribution is 1.28. The molecule has 0 bridgehead atoms. The Morgan fingerprint density at radius 1 is 0.117 bits per heavy atom. The first-order chi connectivity index (χ1) is 71.9. The fourth-order valence-electron chi connectivity index (χ4n) is 22.1. The zero-order chi connectivity index (χ0) is 96.2. The van der Waals surface area contributed by atoms with Crippen LogP contribution in [0.25, 0.3) is 203 Å². The Bertz CT molecular complexity index is 9570. The summed E-state index contributed by atoms with van der Waals surface area (Å²) in [5.74, 6) is 0. The van der Waals surface area contributed by atoms with Crippen molar-refractivity contribution < 1.29 is 0 Å². The van der Waals surface area contributed by atoms with E-state index in [1.807, 2.05) is 34.0 Å². The second-order valence-corrected chi connectivity index (χ2v) is 40.4. The van der Waals surface area contributed by atoms with Crippen LogP contribution in [0.5, 0.6) is 0 Å². The van der Waals surface area contributed by atoms with Gasteiger partial charge in [-0.3, -0.25) is 0 Å². The number of hydrogen-bond acceptors (Lipinski definition) is 6. The zero-order valence-corrected chi connectivity index (χ0v) is 82.0. The van der Waals surface area contributed by atoms with Crippen LogP contribution in [0.15, 0.2) is 546 Å². The second-order valence-electron chi connectivity index (χ2n) is 37.2. The van der Waals surface area contributed by atoms with Crippen LogP contribution in [0.1, 0.15) is 5.56 Å². The molecule has 25 aromatic carbocycles. The van der Waals surface area contributed by atoms with E-state index in [1.54, 1.807) is 0 Å². The molecule has 0 aliphatic heterocycles. The summed E-state index contributed by atoms with van der Waals surface area (Å²) in [7, 11) is 0. The Balaban J connectivity index is 0.000000111. The van der Waals surface area contributed by atoms with E-state index in [-0.39, 0.29) is 0 Å². The maximum Gasteiger partial charge on any atom is 0.0468 e. The van der Waals surface area contributed by atoms with Crippen LogP contribution in [0, 0.1) is 6.92 Å². The summed E-state index contributed by atoms with van der Waals surface area (Å²) in [4.78, 5) is 7.08. The molecule has 0 amide bonds. The molecule has 0 fully saturated rings. The first kappa shape index (κ1) is 87.4. The fourth-order valence-corrected chi connectivity index (χ4v) is 25.3. The number of benzene rings is 25. The zero-order valence-electron chi connectivity index (χ0n) is 79.5. The molecular formula is C139H93N3S3. The molecule has 0 radical (unpaired) electrons. The van der Waals surface area contributed by atoms with E-state index in [0.29, 0.717) is 0 Å². The predicted molar refractivity (Wildman–Crippen MR) is 630 cm³/mol. The van der Waals surface area contributed by atoms with Crippen molar-refractivity contribution >= 4 is 210 Å². The topological polar surface area (TPSA) is 9.72 Å². The summed E-state index contributed by atoms with van der Waals surface area (Å²) in [5, 5.41) is 23.1.